The topological polar surface area (TPSA) is 64.3 Å². The Morgan fingerprint density at radius 1 is 1.56 bits per heavy atom. The summed E-state index contributed by atoms with van der Waals surface area (Å²) >= 11 is 5.95. The van der Waals surface area contributed by atoms with Crippen LogP contribution in [-0.4, -0.2) is 19.1 Å². The van der Waals surface area contributed by atoms with Crippen LogP contribution in [0.5, 0.6) is 0 Å². The van der Waals surface area contributed by atoms with Gasteiger partial charge in [-0.05, 0) is 18.6 Å². The van der Waals surface area contributed by atoms with E-state index in [2.05, 4.69) is 5.32 Å². The largest absolute Gasteiger partial charge is 0.397 e. The molecule has 0 spiro atoms. The van der Waals surface area contributed by atoms with Crippen LogP contribution < -0.4 is 11.1 Å². The van der Waals surface area contributed by atoms with E-state index in [1.54, 1.807) is 18.2 Å². The summed E-state index contributed by atoms with van der Waals surface area (Å²) in [5.41, 5.74) is 6.70. The summed E-state index contributed by atoms with van der Waals surface area (Å²) in [5, 5.41) is 3.20. The number of halogens is 1. The summed E-state index contributed by atoms with van der Waals surface area (Å²) < 4.78 is 5.15. The highest BCUT2D eigenvalue weighted by atomic mass is 35.5. The predicted octanol–water partition coefficient (Wildman–Crippen LogP) is 1.90. The number of amides is 1. The van der Waals surface area contributed by atoms with Crippen molar-refractivity contribution in [1.29, 1.82) is 0 Å². The third kappa shape index (κ3) is 2.28. The molecule has 1 aromatic carbocycles. The number of hydrogen-bond acceptors (Lipinski definition) is 3. The number of nitrogen functional groups attached to an aromatic ring is 1. The SMILES string of the molecule is Nc1cccc(Cl)c1NC(=O)C1CCOC1. The van der Waals surface area contributed by atoms with Gasteiger partial charge in [0.1, 0.15) is 0 Å². The molecular formula is C11H13ClN2O2. The van der Waals surface area contributed by atoms with Gasteiger partial charge in [-0.1, -0.05) is 17.7 Å². The van der Waals surface area contributed by atoms with Gasteiger partial charge in [-0.15, -0.1) is 0 Å². The fourth-order valence-corrected chi connectivity index (χ4v) is 1.87. The number of rotatable bonds is 2. The zero-order valence-electron chi connectivity index (χ0n) is 8.70. The highest BCUT2D eigenvalue weighted by Gasteiger charge is 2.24. The maximum Gasteiger partial charge on any atom is 0.229 e. The molecule has 1 fully saturated rings. The second-order valence-corrected chi connectivity index (χ2v) is 4.16. The summed E-state index contributed by atoms with van der Waals surface area (Å²) in [4.78, 5) is 11.8. The molecule has 0 saturated carbocycles. The molecule has 1 aromatic rings. The van der Waals surface area contributed by atoms with Gasteiger partial charge in [0.2, 0.25) is 5.91 Å². The van der Waals surface area contributed by atoms with Crippen LogP contribution in [0.3, 0.4) is 0 Å². The lowest BCUT2D eigenvalue weighted by atomic mass is 10.1. The van der Waals surface area contributed by atoms with E-state index in [9.17, 15) is 4.79 Å². The van der Waals surface area contributed by atoms with Crippen LogP contribution in [0.1, 0.15) is 6.42 Å². The molecule has 0 radical (unpaired) electrons. The number of nitrogens with two attached hydrogens (primary N) is 1. The smallest absolute Gasteiger partial charge is 0.229 e. The van der Waals surface area contributed by atoms with Crippen molar-refractivity contribution in [2.24, 2.45) is 5.92 Å². The van der Waals surface area contributed by atoms with Crippen LogP contribution in [0.4, 0.5) is 11.4 Å². The van der Waals surface area contributed by atoms with Crippen molar-refractivity contribution in [3.8, 4) is 0 Å². The Labute approximate surface area is 98.7 Å². The summed E-state index contributed by atoms with van der Waals surface area (Å²) in [7, 11) is 0. The van der Waals surface area contributed by atoms with E-state index < -0.39 is 0 Å². The Balaban J connectivity index is 2.11. The highest BCUT2D eigenvalue weighted by Crippen LogP contribution is 2.28. The van der Waals surface area contributed by atoms with Crippen LogP contribution in [0.15, 0.2) is 18.2 Å². The predicted molar refractivity (Wildman–Crippen MR) is 63.4 cm³/mol. The molecule has 0 aliphatic carbocycles. The third-order valence-corrected chi connectivity index (χ3v) is 2.91. The first kappa shape index (κ1) is 11.2. The molecule has 86 valence electrons. The second-order valence-electron chi connectivity index (χ2n) is 3.75. The van der Waals surface area contributed by atoms with Gasteiger partial charge in [0.05, 0.1) is 28.9 Å². The Morgan fingerprint density at radius 2 is 2.38 bits per heavy atom. The number of ether oxygens (including phenoxy) is 1. The van der Waals surface area contributed by atoms with Gasteiger partial charge in [0.25, 0.3) is 0 Å². The van der Waals surface area contributed by atoms with Crippen LogP contribution >= 0.6 is 11.6 Å². The quantitative estimate of drug-likeness (QED) is 0.776. The van der Waals surface area contributed by atoms with Gasteiger partial charge in [0, 0.05) is 6.61 Å². The first-order chi connectivity index (χ1) is 7.68. The number of carbonyl (C=O) groups is 1. The summed E-state index contributed by atoms with van der Waals surface area (Å²) in [5.74, 6) is -0.187. The first-order valence-corrected chi connectivity index (χ1v) is 5.49. The molecule has 0 aromatic heterocycles. The Kier molecular flexibility index (Phi) is 3.31. The van der Waals surface area contributed by atoms with E-state index in [-0.39, 0.29) is 11.8 Å². The van der Waals surface area contributed by atoms with E-state index in [0.717, 1.165) is 6.42 Å². The Hall–Kier alpha value is -1.26. The van der Waals surface area contributed by atoms with E-state index in [1.807, 2.05) is 0 Å². The van der Waals surface area contributed by atoms with Crippen molar-refractivity contribution in [2.75, 3.05) is 24.3 Å². The lowest BCUT2D eigenvalue weighted by molar-refractivity contribution is -0.119. The molecule has 0 bridgehead atoms. The first-order valence-electron chi connectivity index (χ1n) is 5.11. The van der Waals surface area contributed by atoms with Gasteiger partial charge < -0.3 is 15.8 Å². The molecule has 5 heteroatoms. The zero-order valence-corrected chi connectivity index (χ0v) is 9.46. The van der Waals surface area contributed by atoms with Crippen LogP contribution in [-0.2, 0) is 9.53 Å². The minimum atomic E-state index is -0.101. The van der Waals surface area contributed by atoms with E-state index in [1.165, 1.54) is 0 Å². The molecule has 16 heavy (non-hydrogen) atoms. The normalized spacial score (nSPS) is 19.7. The van der Waals surface area contributed by atoms with Crippen molar-refractivity contribution >= 4 is 28.9 Å². The van der Waals surface area contributed by atoms with Crippen LogP contribution in [0.25, 0.3) is 0 Å². The fourth-order valence-electron chi connectivity index (χ4n) is 1.64. The van der Waals surface area contributed by atoms with E-state index in [0.29, 0.717) is 29.6 Å². The minimum Gasteiger partial charge on any atom is -0.397 e. The maximum atomic E-state index is 11.8. The van der Waals surface area contributed by atoms with Crippen molar-refractivity contribution in [3.63, 3.8) is 0 Å². The van der Waals surface area contributed by atoms with Gasteiger partial charge in [0.15, 0.2) is 0 Å². The van der Waals surface area contributed by atoms with Gasteiger partial charge in [-0.2, -0.15) is 0 Å². The molecular weight excluding hydrogens is 228 g/mol. The summed E-state index contributed by atoms with van der Waals surface area (Å²) in [6, 6.07) is 5.14. The third-order valence-electron chi connectivity index (χ3n) is 2.59. The molecule has 1 amide bonds. The molecule has 1 aliphatic rings. The Morgan fingerprint density at radius 3 is 3.00 bits per heavy atom. The molecule has 3 N–H and O–H groups in total. The maximum absolute atomic E-state index is 11.8. The molecule has 2 rings (SSSR count). The standard InChI is InChI=1S/C11H13ClN2O2/c12-8-2-1-3-9(13)10(8)14-11(15)7-4-5-16-6-7/h1-3,7H,4-6,13H2,(H,14,15). The van der Waals surface area contributed by atoms with Gasteiger partial charge >= 0.3 is 0 Å². The fraction of sp³-hybridized carbons (Fsp3) is 0.364. The van der Waals surface area contributed by atoms with Crippen molar-refractivity contribution < 1.29 is 9.53 Å². The number of benzene rings is 1. The molecule has 1 saturated heterocycles. The zero-order chi connectivity index (χ0) is 11.5. The average Bonchev–Trinajstić information content (AvgIpc) is 2.76. The van der Waals surface area contributed by atoms with E-state index in [4.69, 9.17) is 22.1 Å². The number of nitrogens with one attached hydrogen (secondary N) is 1. The lowest BCUT2D eigenvalue weighted by Gasteiger charge is -2.12. The summed E-state index contributed by atoms with van der Waals surface area (Å²) in [6.07, 6.45) is 0.746. The van der Waals surface area contributed by atoms with Gasteiger partial charge in [-0.3, -0.25) is 4.79 Å². The Bertz CT molecular complexity index is 383. The monoisotopic (exact) mass is 240 g/mol. The van der Waals surface area contributed by atoms with E-state index >= 15 is 0 Å². The van der Waals surface area contributed by atoms with Crippen LogP contribution in [0.2, 0.25) is 5.02 Å². The van der Waals surface area contributed by atoms with Crippen LogP contribution in [0, 0.1) is 5.92 Å². The minimum absolute atomic E-state index is 0.0858. The highest BCUT2D eigenvalue weighted by molar-refractivity contribution is 6.34. The second kappa shape index (κ2) is 4.72. The number of carbonyl (C=O) groups excluding carboxylic acids is 1. The molecule has 1 aliphatic heterocycles. The molecule has 4 nitrogen and oxygen atoms in total. The van der Waals surface area contributed by atoms with Crippen molar-refractivity contribution in [1.82, 2.24) is 0 Å². The number of hydrogen-bond donors (Lipinski definition) is 2. The molecule has 1 atom stereocenters. The number of anilines is 2. The lowest BCUT2D eigenvalue weighted by Crippen LogP contribution is -2.23. The number of para-hydroxylation sites is 1. The molecule has 1 heterocycles. The average molecular weight is 241 g/mol. The van der Waals surface area contributed by atoms with Gasteiger partial charge in [-0.25, -0.2) is 0 Å². The van der Waals surface area contributed by atoms with Crippen molar-refractivity contribution in [3.05, 3.63) is 23.2 Å². The molecule has 1 unspecified atom stereocenters. The summed E-state index contributed by atoms with van der Waals surface area (Å²) in [6.45, 7) is 1.10. The van der Waals surface area contributed by atoms with Crippen molar-refractivity contribution in [2.45, 2.75) is 6.42 Å².